The molecular formula is C40H42OSiZr. The van der Waals surface area contributed by atoms with Crippen LogP contribution in [0.2, 0.25) is 6.55 Å². The Bertz CT molecular complexity index is 1540. The van der Waals surface area contributed by atoms with Gasteiger partial charge in [0.25, 0.3) is 0 Å². The minimum atomic E-state index is 0. The van der Waals surface area contributed by atoms with Gasteiger partial charge in [-0.1, -0.05) is 123 Å². The van der Waals surface area contributed by atoms with Crippen LogP contribution in [0.3, 0.4) is 0 Å². The van der Waals surface area contributed by atoms with Crippen LogP contribution in [-0.2, 0) is 30.6 Å². The summed E-state index contributed by atoms with van der Waals surface area (Å²) in [5, 5.41) is 5.37. The molecule has 0 saturated carbocycles. The fraction of sp³-hybridized carbons (Fsp3) is 0.150. The van der Waals surface area contributed by atoms with Gasteiger partial charge < -0.3 is 4.43 Å². The quantitative estimate of drug-likeness (QED) is 0.102. The average Bonchev–Trinajstić information content (AvgIpc) is 3.60. The SMILES string of the molecule is C=CC=CC.CCO[Si]C.Cc1cc2c(-c3ccccc3)cccc2[cH-]1.Cc1cc2c(-c3ccccc3)cccc2[cH-]1.[Zr+2]. The minimum Gasteiger partial charge on any atom is -0.418 e. The van der Waals surface area contributed by atoms with E-state index in [1.165, 1.54) is 54.9 Å². The first kappa shape index (κ1) is 35.8. The Labute approximate surface area is 280 Å². The molecule has 0 aliphatic carbocycles. The van der Waals surface area contributed by atoms with Gasteiger partial charge in [-0.05, 0) is 31.5 Å². The van der Waals surface area contributed by atoms with Gasteiger partial charge in [0.2, 0.25) is 9.76 Å². The fourth-order valence-corrected chi connectivity index (χ4v) is 5.08. The second kappa shape index (κ2) is 19.8. The number of allylic oxidation sites excluding steroid dienone is 3. The molecule has 0 fully saturated rings. The normalized spacial score (nSPS) is 10.1. The van der Waals surface area contributed by atoms with Crippen molar-refractivity contribution in [2.45, 2.75) is 34.2 Å². The molecule has 0 spiro atoms. The summed E-state index contributed by atoms with van der Waals surface area (Å²) in [5.74, 6) is 0. The molecule has 2 radical (unpaired) electrons. The Morgan fingerprint density at radius 3 is 1.44 bits per heavy atom. The predicted molar refractivity (Wildman–Crippen MR) is 188 cm³/mol. The van der Waals surface area contributed by atoms with Crippen molar-refractivity contribution in [1.82, 2.24) is 0 Å². The van der Waals surface area contributed by atoms with Crippen LogP contribution in [0.4, 0.5) is 0 Å². The van der Waals surface area contributed by atoms with Crippen LogP contribution in [0, 0.1) is 13.8 Å². The van der Waals surface area contributed by atoms with Crippen LogP contribution >= 0.6 is 0 Å². The molecule has 6 aromatic rings. The maximum atomic E-state index is 4.86. The Kier molecular flexibility index (Phi) is 16.5. The number of hydrogen-bond donors (Lipinski definition) is 0. The molecule has 0 heterocycles. The molecule has 0 bridgehead atoms. The van der Waals surface area contributed by atoms with Gasteiger partial charge in [-0.15, -0.1) is 69.1 Å². The Hall–Kier alpha value is -3.36. The first-order valence-electron chi connectivity index (χ1n) is 14.5. The molecule has 6 aromatic carbocycles. The third-order valence-electron chi connectivity index (χ3n) is 6.58. The van der Waals surface area contributed by atoms with Crippen molar-refractivity contribution >= 4 is 31.3 Å². The molecule has 216 valence electrons. The fourth-order valence-electron chi connectivity index (χ4n) is 4.79. The summed E-state index contributed by atoms with van der Waals surface area (Å²) in [7, 11) is 0.658. The molecule has 0 atom stereocenters. The summed E-state index contributed by atoms with van der Waals surface area (Å²) in [6.45, 7) is 14.6. The summed E-state index contributed by atoms with van der Waals surface area (Å²) in [4.78, 5) is 0. The molecule has 3 heteroatoms. The molecule has 0 unspecified atom stereocenters. The van der Waals surface area contributed by atoms with Crippen LogP contribution in [-0.4, -0.2) is 16.4 Å². The van der Waals surface area contributed by atoms with Crippen LogP contribution in [0.5, 0.6) is 0 Å². The van der Waals surface area contributed by atoms with E-state index in [1.54, 1.807) is 6.08 Å². The molecule has 0 aliphatic heterocycles. The van der Waals surface area contributed by atoms with Crippen molar-refractivity contribution in [3.63, 3.8) is 0 Å². The van der Waals surface area contributed by atoms with Gasteiger partial charge in [0, 0.05) is 6.61 Å². The van der Waals surface area contributed by atoms with E-state index >= 15 is 0 Å². The third-order valence-corrected chi connectivity index (χ3v) is 7.15. The van der Waals surface area contributed by atoms with Crippen molar-refractivity contribution < 1.29 is 30.6 Å². The third kappa shape index (κ3) is 11.0. The van der Waals surface area contributed by atoms with Crippen molar-refractivity contribution in [2.24, 2.45) is 0 Å². The standard InChI is InChI=1S/2C16H13.C5H8.C3H8OSi.Zr/c2*1-12-10-14-8-5-9-15(16(14)11-12)13-6-3-2-4-7-13;1-3-5-4-2;1-3-4-5-2;/h2*2-11H,1H3;3-5H,1H2,2H3;3H2,1-2H3;/q2*-1;;;+2. The Balaban J connectivity index is 0.000000226. The number of aryl methyl sites for hydroxylation is 2. The molecular weight excluding hydrogens is 616 g/mol. The smallest absolute Gasteiger partial charge is 0.418 e. The molecule has 0 aliphatic rings. The van der Waals surface area contributed by atoms with E-state index in [2.05, 4.69) is 142 Å². The van der Waals surface area contributed by atoms with E-state index in [9.17, 15) is 0 Å². The van der Waals surface area contributed by atoms with Crippen LogP contribution in [0.1, 0.15) is 25.0 Å². The van der Waals surface area contributed by atoms with Gasteiger partial charge in [-0.25, -0.2) is 0 Å². The maximum absolute atomic E-state index is 4.86. The van der Waals surface area contributed by atoms with Crippen LogP contribution < -0.4 is 0 Å². The maximum Gasteiger partial charge on any atom is 2.00 e. The predicted octanol–water partition coefficient (Wildman–Crippen LogP) is 11.5. The summed E-state index contributed by atoms with van der Waals surface area (Å²) in [6, 6.07) is 43.1. The first-order valence-corrected chi connectivity index (χ1v) is 15.9. The van der Waals surface area contributed by atoms with Crippen LogP contribution in [0.25, 0.3) is 43.8 Å². The zero-order valence-corrected chi connectivity index (χ0v) is 29.6. The molecule has 1 nitrogen and oxygen atoms in total. The van der Waals surface area contributed by atoms with Gasteiger partial charge in [-0.2, -0.15) is 12.1 Å². The van der Waals surface area contributed by atoms with E-state index in [4.69, 9.17) is 4.43 Å². The summed E-state index contributed by atoms with van der Waals surface area (Å²) in [6.07, 6.45) is 5.58. The van der Waals surface area contributed by atoms with Gasteiger partial charge in [0.05, 0.1) is 0 Å². The second-order valence-electron chi connectivity index (χ2n) is 9.81. The average molecular weight is 658 g/mol. The number of fused-ring (bicyclic) bond motifs is 2. The monoisotopic (exact) mass is 656 g/mol. The van der Waals surface area contributed by atoms with Crippen molar-refractivity contribution in [1.29, 1.82) is 0 Å². The minimum absolute atomic E-state index is 0. The topological polar surface area (TPSA) is 9.23 Å². The number of rotatable bonds is 5. The molecule has 0 amide bonds. The van der Waals surface area contributed by atoms with E-state index in [0.717, 1.165) is 6.61 Å². The molecule has 6 rings (SSSR count). The molecule has 43 heavy (non-hydrogen) atoms. The summed E-state index contributed by atoms with van der Waals surface area (Å²) >= 11 is 0. The van der Waals surface area contributed by atoms with Crippen LogP contribution in [0.15, 0.2) is 146 Å². The largest absolute Gasteiger partial charge is 2.00 e. The zero-order chi connectivity index (χ0) is 30.2. The molecule has 0 saturated heterocycles. The summed E-state index contributed by atoms with van der Waals surface area (Å²) in [5.41, 5.74) is 7.89. The second-order valence-corrected chi connectivity index (χ2v) is 10.5. The number of benzene rings is 4. The Morgan fingerprint density at radius 1 is 0.698 bits per heavy atom. The number of hydrogen-bond acceptors (Lipinski definition) is 1. The van der Waals surface area contributed by atoms with Gasteiger partial charge in [0.1, 0.15) is 0 Å². The van der Waals surface area contributed by atoms with E-state index in [-0.39, 0.29) is 26.2 Å². The Morgan fingerprint density at radius 2 is 1.14 bits per heavy atom. The zero-order valence-electron chi connectivity index (χ0n) is 26.1. The van der Waals surface area contributed by atoms with Gasteiger partial charge in [0.15, 0.2) is 0 Å². The van der Waals surface area contributed by atoms with E-state index in [0.29, 0.717) is 9.76 Å². The van der Waals surface area contributed by atoms with Crippen molar-refractivity contribution in [2.75, 3.05) is 6.61 Å². The molecule has 0 aromatic heterocycles. The van der Waals surface area contributed by atoms with Gasteiger partial charge >= 0.3 is 26.2 Å². The first-order chi connectivity index (χ1) is 20.5. The summed E-state index contributed by atoms with van der Waals surface area (Å²) < 4.78 is 4.86. The van der Waals surface area contributed by atoms with Gasteiger partial charge in [-0.3, -0.25) is 0 Å². The van der Waals surface area contributed by atoms with Crippen molar-refractivity contribution in [3.8, 4) is 22.3 Å². The van der Waals surface area contributed by atoms with E-state index < -0.39 is 0 Å². The molecule has 0 N–H and O–H groups in total. The van der Waals surface area contributed by atoms with E-state index in [1.807, 2.05) is 32.5 Å². The van der Waals surface area contributed by atoms with Crippen molar-refractivity contribution in [3.05, 3.63) is 157 Å².